The molecular weight excluding hydrogens is 414 g/mol. The Bertz CT molecular complexity index is 1100. The smallest absolute Gasteiger partial charge is 0.230 e. The Balaban J connectivity index is 1.35. The van der Waals surface area contributed by atoms with Crippen LogP contribution in [0, 0.1) is 13.8 Å². The number of thioether (sulfide) groups is 1. The number of hydrogen-bond donors (Lipinski definition) is 0. The zero-order chi connectivity index (χ0) is 20.8. The van der Waals surface area contributed by atoms with Crippen LogP contribution < -0.4 is 4.90 Å². The maximum Gasteiger partial charge on any atom is 0.230 e. The summed E-state index contributed by atoms with van der Waals surface area (Å²) in [5.41, 5.74) is 4.13. The molecule has 0 saturated heterocycles. The minimum atomic E-state index is -0.0280. The summed E-state index contributed by atoms with van der Waals surface area (Å²) in [5, 5.41) is 12.7. The van der Waals surface area contributed by atoms with Crippen LogP contribution in [0.25, 0.3) is 0 Å². The van der Waals surface area contributed by atoms with Crippen LogP contribution in [-0.2, 0) is 10.5 Å². The van der Waals surface area contributed by atoms with Gasteiger partial charge in [0, 0.05) is 30.0 Å². The Morgan fingerprint density at radius 1 is 1.23 bits per heavy atom. The van der Waals surface area contributed by atoms with Crippen molar-refractivity contribution in [3.8, 4) is 0 Å². The number of carbonyl (C=O) groups is 1. The maximum absolute atomic E-state index is 12.5. The summed E-state index contributed by atoms with van der Waals surface area (Å²) in [7, 11) is 0. The summed E-state index contributed by atoms with van der Waals surface area (Å²) in [6.07, 6.45) is 4.94. The first kappa shape index (κ1) is 19.8. The van der Waals surface area contributed by atoms with E-state index in [0.717, 1.165) is 33.4 Å². The molecule has 6 nitrogen and oxygen atoms in total. The lowest BCUT2D eigenvalue weighted by atomic mass is 10.1. The van der Waals surface area contributed by atoms with Crippen molar-refractivity contribution in [3.05, 3.63) is 46.2 Å². The molecular formula is C22H25N5OS2. The number of amides is 1. The van der Waals surface area contributed by atoms with E-state index in [9.17, 15) is 4.79 Å². The molecule has 0 bridgehead atoms. The number of rotatable bonds is 7. The van der Waals surface area contributed by atoms with Gasteiger partial charge in [0.1, 0.15) is 5.82 Å². The van der Waals surface area contributed by atoms with Crippen LogP contribution in [0.5, 0.6) is 0 Å². The van der Waals surface area contributed by atoms with E-state index in [2.05, 4.69) is 27.8 Å². The van der Waals surface area contributed by atoms with Gasteiger partial charge in [-0.15, -0.1) is 21.5 Å². The van der Waals surface area contributed by atoms with E-state index in [4.69, 9.17) is 4.98 Å². The Morgan fingerprint density at radius 3 is 2.73 bits per heavy atom. The van der Waals surface area contributed by atoms with E-state index in [0.29, 0.717) is 17.1 Å². The SMILES string of the molecule is CC(=O)N(c1nc(CSc2nnc(C3CC3)n2C2CC2)cs1)c1cccc(C)c1C. The van der Waals surface area contributed by atoms with Gasteiger partial charge in [0.2, 0.25) is 5.91 Å². The normalized spacial score (nSPS) is 16.1. The zero-order valence-electron chi connectivity index (χ0n) is 17.5. The summed E-state index contributed by atoms with van der Waals surface area (Å²) >= 11 is 3.21. The van der Waals surface area contributed by atoms with Crippen LogP contribution in [0.15, 0.2) is 28.7 Å². The third kappa shape index (κ3) is 3.78. The molecule has 0 radical (unpaired) electrons. The van der Waals surface area contributed by atoms with Crippen LogP contribution in [0.1, 0.15) is 67.2 Å². The van der Waals surface area contributed by atoms with E-state index in [1.54, 1.807) is 23.6 Å². The summed E-state index contributed by atoms with van der Waals surface area (Å²) in [6.45, 7) is 5.70. The first-order chi connectivity index (χ1) is 14.5. The second kappa shape index (κ2) is 7.81. The number of thiazole rings is 1. The number of anilines is 2. The van der Waals surface area contributed by atoms with Crippen molar-refractivity contribution < 1.29 is 4.79 Å². The average molecular weight is 440 g/mol. The fourth-order valence-electron chi connectivity index (χ4n) is 3.67. The largest absolute Gasteiger partial charge is 0.303 e. The number of aryl methyl sites for hydroxylation is 1. The van der Waals surface area contributed by atoms with Crippen LogP contribution in [-0.4, -0.2) is 25.7 Å². The number of carbonyl (C=O) groups excluding carboxylic acids is 1. The highest BCUT2D eigenvalue weighted by Gasteiger charge is 2.36. The molecule has 2 saturated carbocycles. The highest BCUT2D eigenvalue weighted by molar-refractivity contribution is 7.98. The molecule has 0 atom stereocenters. The van der Waals surface area contributed by atoms with Crippen LogP contribution in [0.2, 0.25) is 0 Å². The minimum Gasteiger partial charge on any atom is -0.303 e. The van der Waals surface area contributed by atoms with Crippen LogP contribution in [0.4, 0.5) is 10.8 Å². The molecule has 8 heteroatoms. The number of nitrogens with zero attached hydrogens (tertiary/aromatic N) is 5. The van der Waals surface area contributed by atoms with E-state index in [1.807, 2.05) is 24.4 Å². The second-order valence-electron chi connectivity index (χ2n) is 8.20. The van der Waals surface area contributed by atoms with E-state index in [1.165, 1.54) is 42.8 Å². The van der Waals surface area contributed by atoms with E-state index in [-0.39, 0.29) is 5.91 Å². The van der Waals surface area contributed by atoms with Gasteiger partial charge < -0.3 is 4.57 Å². The predicted octanol–water partition coefficient (Wildman–Crippen LogP) is 5.54. The molecule has 0 spiro atoms. The summed E-state index contributed by atoms with van der Waals surface area (Å²) in [6, 6.07) is 6.62. The van der Waals surface area contributed by atoms with Gasteiger partial charge in [-0.2, -0.15) is 0 Å². The molecule has 0 unspecified atom stereocenters. The molecule has 1 amide bonds. The molecule has 5 rings (SSSR count). The fourth-order valence-corrected chi connectivity index (χ4v) is 5.56. The highest BCUT2D eigenvalue weighted by atomic mass is 32.2. The van der Waals surface area contributed by atoms with Gasteiger partial charge in [-0.1, -0.05) is 23.9 Å². The van der Waals surface area contributed by atoms with Crippen LogP contribution >= 0.6 is 23.1 Å². The molecule has 0 aliphatic heterocycles. The fraction of sp³-hybridized carbons (Fsp3) is 0.455. The Morgan fingerprint density at radius 2 is 2.03 bits per heavy atom. The number of aromatic nitrogens is 4. The molecule has 30 heavy (non-hydrogen) atoms. The molecule has 2 aliphatic rings. The molecule has 0 N–H and O–H groups in total. The van der Waals surface area contributed by atoms with E-state index >= 15 is 0 Å². The third-order valence-electron chi connectivity index (χ3n) is 5.76. The highest BCUT2D eigenvalue weighted by Crippen LogP contribution is 2.46. The van der Waals surface area contributed by atoms with Crippen LogP contribution in [0.3, 0.4) is 0 Å². The predicted molar refractivity (Wildman–Crippen MR) is 121 cm³/mol. The molecule has 2 aromatic heterocycles. The zero-order valence-corrected chi connectivity index (χ0v) is 19.1. The van der Waals surface area contributed by atoms with Crippen molar-refractivity contribution in [2.24, 2.45) is 0 Å². The summed E-state index contributed by atoms with van der Waals surface area (Å²) in [5.74, 6) is 2.49. The van der Waals surface area contributed by atoms with Gasteiger partial charge in [0.15, 0.2) is 10.3 Å². The minimum absolute atomic E-state index is 0.0280. The topological polar surface area (TPSA) is 63.9 Å². The standard InChI is InChI=1S/C22H25N5OS2/c1-13-5-4-6-19(14(13)2)26(15(3)28)21-23-17(11-29-21)12-30-22-25-24-20(16-7-8-16)27(22)18-9-10-18/h4-6,11,16,18H,7-10,12H2,1-3H3. The molecule has 2 aliphatic carbocycles. The second-order valence-corrected chi connectivity index (χ2v) is 9.98. The lowest BCUT2D eigenvalue weighted by Gasteiger charge is -2.21. The third-order valence-corrected chi connectivity index (χ3v) is 7.61. The molecule has 2 fully saturated rings. The Hall–Kier alpha value is -2.19. The Labute approximate surface area is 184 Å². The monoisotopic (exact) mass is 439 g/mol. The number of hydrogen-bond acceptors (Lipinski definition) is 6. The van der Waals surface area contributed by atoms with Gasteiger partial charge in [0.25, 0.3) is 0 Å². The molecule has 3 aromatic rings. The average Bonchev–Trinajstić information content (AvgIpc) is 3.65. The van der Waals surface area contributed by atoms with E-state index < -0.39 is 0 Å². The lowest BCUT2D eigenvalue weighted by molar-refractivity contribution is -0.115. The lowest BCUT2D eigenvalue weighted by Crippen LogP contribution is -2.23. The first-order valence-electron chi connectivity index (χ1n) is 10.4. The first-order valence-corrected chi connectivity index (χ1v) is 12.3. The molecule has 2 heterocycles. The maximum atomic E-state index is 12.5. The van der Waals surface area contributed by atoms with Crippen molar-refractivity contribution in [1.29, 1.82) is 0 Å². The quantitative estimate of drug-likeness (QED) is 0.452. The van der Waals surface area contributed by atoms with Crippen molar-refractivity contribution in [1.82, 2.24) is 19.7 Å². The summed E-state index contributed by atoms with van der Waals surface area (Å²) in [4.78, 5) is 19.0. The van der Waals surface area contributed by atoms with Gasteiger partial charge in [0.05, 0.1) is 11.4 Å². The van der Waals surface area contributed by atoms with Gasteiger partial charge in [-0.25, -0.2) is 4.98 Å². The number of benzene rings is 1. The van der Waals surface area contributed by atoms with Crippen molar-refractivity contribution in [3.63, 3.8) is 0 Å². The van der Waals surface area contributed by atoms with Gasteiger partial charge in [-0.05, 0) is 56.7 Å². The molecule has 1 aromatic carbocycles. The van der Waals surface area contributed by atoms with Crippen molar-refractivity contribution in [2.45, 2.75) is 69.3 Å². The van der Waals surface area contributed by atoms with Crippen molar-refractivity contribution >= 4 is 39.8 Å². The van der Waals surface area contributed by atoms with Gasteiger partial charge in [-0.3, -0.25) is 9.69 Å². The Kier molecular flexibility index (Phi) is 5.14. The molecule has 156 valence electrons. The van der Waals surface area contributed by atoms with Crippen molar-refractivity contribution in [2.75, 3.05) is 4.90 Å². The van der Waals surface area contributed by atoms with Gasteiger partial charge >= 0.3 is 0 Å². The summed E-state index contributed by atoms with van der Waals surface area (Å²) < 4.78 is 2.37.